The van der Waals surface area contributed by atoms with Gasteiger partial charge in [0.1, 0.15) is 0 Å². The number of carbonyl (C=O) groups excluding carboxylic acids is 1. The summed E-state index contributed by atoms with van der Waals surface area (Å²) < 4.78 is 18.3. The van der Waals surface area contributed by atoms with Gasteiger partial charge in [0.05, 0.1) is 31.8 Å². The van der Waals surface area contributed by atoms with E-state index < -0.39 is 11.4 Å². The summed E-state index contributed by atoms with van der Waals surface area (Å²) in [6.07, 6.45) is 0.00389. The highest BCUT2D eigenvalue weighted by Gasteiger charge is 2.24. The average Bonchev–Trinajstić information content (AvgIpc) is 2.41. The van der Waals surface area contributed by atoms with Crippen molar-refractivity contribution in [2.75, 3.05) is 19.8 Å². The van der Waals surface area contributed by atoms with Gasteiger partial charge in [-0.15, -0.1) is 0 Å². The maximum atomic E-state index is 13.2. The fourth-order valence-electron chi connectivity index (χ4n) is 1.34. The van der Waals surface area contributed by atoms with Crippen molar-refractivity contribution in [2.24, 2.45) is 0 Å². The number of amides is 1. The van der Waals surface area contributed by atoms with Crippen LogP contribution < -0.4 is 10.1 Å². The van der Waals surface area contributed by atoms with Crippen LogP contribution >= 0.6 is 0 Å². The molecule has 0 radical (unpaired) electrons. The Hall–Kier alpha value is -1.66. The fraction of sp³-hybridized carbons (Fsp3) is 0.462. The first-order valence-electron chi connectivity index (χ1n) is 5.91. The highest BCUT2D eigenvalue weighted by molar-refractivity contribution is 5.76. The van der Waals surface area contributed by atoms with Gasteiger partial charge in [-0.3, -0.25) is 4.79 Å². The van der Waals surface area contributed by atoms with Crippen molar-refractivity contribution in [2.45, 2.75) is 18.9 Å². The monoisotopic (exact) mass is 271 g/mol. The number of hydrogen-bond donors (Lipinski definition) is 3. The lowest BCUT2D eigenvalue weighted by atomic mass is 10.1. The molecule has 1 rings (SSSR count). The Balaban J connectivity index is 2.37. The zero-order valence-electron chi connectivity index (χ0n) is 10.7. The van der Waals surface area contributed by atoms with E-state index in [9.17, 15) is 9.18 Å². The minimum Gasteiger partial charge on any atom is -0.490 e. The molecule has 0 atom stereocenters. The Morgan fingerprint density at radius 2 is 2.00 bits per heavy atom. The van der Waals surface area contributed by atoms with Gasteiger partial charge in [-0.05, 0) is 19.1 Å². The van der Waals surface area contributed by atoms with Crippen molar-refractivity contribution in [3.05, 3.63) is 30.1 Å². The highest BCUT2D eigenvalue weighted by Crippen LogP contribution is 2.15. The standard InChI is InChI=1S/C13H18FNO4/c1-13(8-16,9-17)15-12(18)6-7-19-11-5-3-2-4-10(11)14/h2-5,16-17H,6-9H2,1H3,(H,15,18). The summed E-state index contributed by atoms with van der Waals surface area (Å²) in [5.41, 5.74) is -1.06. The summed E-state index contributed by atoms with van der Waals surface area (Å²) in [6.45, 7) is 0.787. The first kappa shape index (κ1) is 15.4. The predicted octanol–water partition coefficient (Wildman–Crippen LogP) is 0.454. The van der Waals surface area contributed by atoms with Gasteiger partial charge in [-0.1, -0.05) is 12.1 Å². The number of para-hydroxylation sites is 1. The van der Waals surface area contributed by atoms with Gasteiger partial charge in [0.25, 0.3) is 0 Å². The Morgan fingerprint density at radius 3 is 2.58 bits per heavy atom. The Bertz CT molecular complexity index is 421. The van der Waals surface area contributed by atoms with Crippen LogP contribution in [0.4, 0.5) is 4.39 Å². The van der Waals surface area contributed by atoms with Crippen LogP contribution in [-0.4, -0.2) is 41.5 Å². The average molecular weight is 271 g/mol. The molecule has 1 aromatic carbocycles. The fourth-order valence-corrected chi connectivity index (χ4v) is 1.34. The van der Waals surface area contributed by atoms with Crippen LogP contribution in [0.2, 0.25) is 0 Å². The molecule has 19 heavy (non-hydrogen) atoms. The molecule has 5 nitrogen and oxygen atoms in total. The van der Waals surface area contributed by atoms with E-state index in [1.54, 1.807) is 12.1 Å². The number of nitrogens with one attached hydrogen (secondary N) is 1. The van der Waals surface area contributed by atoms with Crippen molar-refractivity contribution in [1.29, 1.82) is 0 Å². The zero-order valence-corrected chi connectivity index (χ0v) is 10.7. The van der Waals surface area contributed by atoms with Gasteiger partial charge in [0, 0.05) is 0 Å². The summed E-state index contributed by atoms with van der Waals surface area (Å²) in [5.74, 6) is -0.789. The molecular formula is C13H18FNO4. The molecule has 0 unspecified atom stereocenters. The van der Waals surface area contributed by atoms with Crippen LogP contribution in [0.1, 0.15) is 13.3 Å². The van der Waals surface area contributed by atoms with Crippen molar-refractivity contribution < 1.29 is 24.1 Å². The Kier molecular flexibility index (Phi) is 5.72. The molecule has 1 aromatic rings. The number of hydrogen-bond acceptors (Lipinski definition) is 4. The number of halogens is 1. The van der Waals surface area contributed by atoms with Crippen molar-refractivity contribution in [3.8, 4) is 5.75 Å². The molecule has 6 heteroatoms. The minimum absolute atomic E-state index is 0.00389. The van der Waals surface area contributed by atoms with Gasteiger partial charge < -0.3 is 20.3 Å². The first-order chi connectivity index (χ1) is 9.00. The molecule has 0 aromatic heterocycles. The maximum absolute atomic E-state index is 13.2. The molecule has 0 fully saturated rings. The zero-order chi connectivity index (χ0) is 14.3. The second-order valence-corrected chi connectivity index (χ2v) is 4.45. The lowest BCUT2D eigenvalue weighted by Crippen LogP contribution is -2.51. The number of ether oxygens (including phenoxy) is 1. The molecule has 0 spiro atoms. The van der Waals surface area contributed by atoms with E-state index in [0.717, 1.165) is 0 Å². The van der Waals surface area contributed by atoms with Gasteiger partial charge >= 0.3 is 0 Å². The molecule has 1 amide bonds. The van der Waals surface area contributed by atoms with Crippen molar-refractivity contribution in [3.63, 3.8) is 0 Å². The lowest BCUT2D eigenvalue weighted by Gasteiger charge is -2.26. The maximum Gasteiger partial charge on any atom is 0.224 e. The molecule has 0 aliphatic rings. The van der Waals surface area contributed by atoms with Crippen LogP contribution in [0.3, 0.4) is 0 Å². The van der Waals surface area contributed by atoms with Crippen LogP contribution in [0.5, 0.6) is 5.75 Å². The second kappa shape index (κ2) is 7.06. The summed E-state index contributed by atoms with van der Waals surface area (Å²) in [6, 6.07) is 5.92. The largest absolute Gasteiger partial charge is 0.490 e. The number of aliphatic hydroxyl groups excluding tert-OH is 2. The summed E-state index contributed by atoms with van der Waals surface area (Å²) in [5, 5.41) is 20.5. The van der Waals surface area contributed by atoms with E-state index >= 15 is 0 Å². The van der Waals surface area contributed by atoms with Gasteiger partial charge in [-0.2, -0.15) is 0 Å². The predicted molar refractivity (Wildman–Crippen MR) is 67.2 cm³/mol. The van der Waals surface area contributed by atoms with Crippen molar-refractivity contribution >= 4 is 5.91 Å². The smallest absolute Gasteiger partial charge is 0.224 e. The van der Waals surface area contributed by atoms with Gasteiger partial charge in [-0.25, -0.2) is 4.39 Å². The first-order valence-corrected chi connectivity index (χ1v) is 5.91. The van der Waals surface area contributed by atoms with E-state index in [-0.39, 0.29) is 37.9 Å². The van der Waals surface area contributed by atoms with E-state index in [1.165, 1.54) is 19.1 Å². The highest BCUT2D eigenvalue weighted by atomic mass is 19.1. The molecule has 0 bridgehead atoms. The van der Waals surface area contributed by atoms with Gasteiger partial charge in [0.2, 0.25) is 5.91 Å². The van der Waals surface area contributed by atoms with Crippen molar-refractivity contribution in [1.82, 2.24) is 5.32 Å². The Morgan fingerprint density at radius 1 is 1.37 bits per heavy atom. The molecular weight excluding hydrogens is 253 g/mol. The van der Waals surface area contributed by atoms with E-state index in [4.69, 9.17) is 14.9 Å². The molecule has 0 heterocycles. The minimum atomic E-state index is -1.06. The third-order valence-electron chi connectivity index (χ3n) is 2.56. The third kappa shape index (κ3) is 4.84. The lowest BCUT2D eigenvalue weighted by molar-refractivity contribution is -0.124. The van der Waals surface area contributed by atoms with Crippen LogP contribution in [0, 0.1) is 5.82 Å². The number of aliphatic hydroxyl groups is 2. The number of rotatable bonds is 7. The quantitative estimate of drug-likeness (QED) is 0.673. The van der Waals surface area contributed by atoms with Crippen LogP contribution in [0.25, 0.3) is 0 Å². The summed E-state index contributed by atoms with van der Waals surface area (Å²) in [4.78, 5) is 11.5. The second-order valence-electron chi connectivity index (χ2n) is 4.45. The normalized spacial score (nSPS) is 11.2. The van der Waals surface area contributed by atoms with E-state index in [1.807, 2.05) is 0 Å². The SMILES string of the molecule is CC(CO)(CO)NC(=O)CCOc1ccccc1F. The van der Waals surface area contributed by atoms with Gasteiger partial charge in [0.15, 0.2) is 11.6 Å². The third-order valence-corrected chi connectivity index (χ3v) is 2.56. The summed E-state index contributed by atoms with van der Waals surface area (Å²) in [7, 11) is 0. The van der Waals surface area contributed by atoms with Crippen LogP contribution in [0.15, 0.2) is 24.3 Å². The number of benzene rings is 1. The molecule has 106 valence electrons. The van der Waals surface area contributed by atoms with E-state index in [2.05, 4.69) is 5.32 Å². The Labute approximate surface area is 111 Å². The topological polar surface area (TPSA) is 78.8 Å². The molecule has 3 N–H and O–H groups in total. The molecule has 0 saturated heterocycles. The van der Waals surface area contributed by atoms with Crippen LogP contribution in [-0.2, 0) is 4.79 Å². The number of carbonyl (C=O) groups is 1. The van der Waals surface area contributed by atoms with E-state index in [0.29, 0.717) is 0 Å². The molecule has 0 saturated carbocycles. The molecule has 0 aliphatic heterocycles. The molecule has 0 aliphatic carbocycles. The summed E-state index contributed by atoms with van der Waals surface area (Å²) >= 11 is 0.